The van der Waals surface area contributed by atoms with Gasteiger partial charge in [-0.15, -0.1) is 0 Å². The third kappa shape index (κ3) is 8.11. The lowest BCUT2D eigenvalue weighted by Gasteiger charge is -2.33. The number of benzene rings is 4. The Labute approximate surface area is 251 Å². The summed E-state index contributed by atoms with van der Waals surface area (Å²) in [4.78, 5) is 28.6. The molecule has 0 radical (unpaired) electrons. The smallest absolute Gasteiger partial charge is 0.244 e. The van der Waals surface area contributed by atoms with Crippen molar-refractivity contribution in [2.24, 2.45) is 0 Å². The molecule has 4 aromatic carbocycles. The van der Waals surface area contributed by atoms with Crippen LogP contribution in [0, 0.1) is 0 Å². The Bertz CT molecular complexity index is 1600. The Kier molecular flexibility index (Phi) is 10.2. The van der Waals surface area contributed by atoms with Crippen LogP contribution in [0.4, 0.5) is 5.69 Å². The van der Waals surface area contributed by atoms with Crippen molar-refractivity contribution in [3.05, 3.63) is 125 Å². The number of hydrogen-bond acceptors (Lipinski definition) is 5. The highest BCUT2D eigenvalue weighted by Gasteiger charge is 2.33. The van der Waals surface area contributed by atoms with E-state index in [1.165, 1.54) is 11.9 Å². The van der Waals surface area contributed by atoms with Crippen LogP contribution in [0.1, 0.15) is 11.1 Å². The predicted molar refractivity (Wildman–Crippen MR) is 165 cm³/mol. The van der Waals surface area contributed by atoms with Gasteiger partial charge in [0.05, 0.1) is 11.9 Å². The van der Waals surface area contributed by atoms with Crippen LogP contribution >= 0.6 is 11.6 Å². The van der Waals surface area contributed by atoms with Crippen LogP contribution < -0.4 is 14.4 Å². The van der Waals surface area contributed by atoms with Crippen molar-refractivity contribution in [3.63, 3.8) is 0 Å². The molecule has 0 spiro atoms. The minimum absolute atomic E-state index is 0.00484. The van der Waals surface area contributed by atoms with Crippen molar-refractivity contribution < 1.29 is 22.7 Å². The van der Waals surface area contributed by atoms with Gasteiger partial charge in [0.1, 0.15) is 24.1 Å². The molecule has 0 saturated carbocycles. The molecule has 1 N–H and O–H groups in total. The van der Waals surface area contributed by atoms with Crippen molar-refractivity contribution in [2.45, 2.75) is 19.0 Å². The number of nitrogens with zero attached hydrogens (tertiary/aromatic N) is 2. The molecule has 0 aliphatic heterocycles. The fourth-order valence-electron chi connectivity index (χ4n) is 4.45. The molecule has 0 bridgehead atoms. The number of carbonyl (C=O) groups is 2. The number of amides is 2. The number of hydrogen-bond donors (Lipinski definition) is 1. The zero-order chi connectivity index (χ0) is 30.1. The Morgan fingerprint density at radius 1 is 0.833 bits per heavy atom. The summed E-state index contributed by atoms with van der Waals surface area (Å²) in [5, 5.41) is 3.08. The summed E-state index contributed by atoms with van der Waals surface area (Å²) in [7, 11) is -2.39. The summed E-state index contributed by atoms with van der Waals surface area (Å²) in [5.74, 6) is 0.198. The lowest BCUT2D eigenvalue weighted by atomic mass is 10.0. The lowest BCUT2D eigenvalue weighted by Crippen LogP contribution is -2.52. The molecule has 8 nitrogen and oxygen atoms in total. The van der Waals surface area contributed by atoms with E-state index in [9.17, 15) is 18.0 Å². The van der Waals surface area contributed by atoms with E-state index < -0.39 is 28.5 Å². The van der Waals surface area contributed by atoms with Crippen LogP contribution in [-0.2, 0) is 32.6 Å². The molecule has 0 fully saturated rings. The van der Waals surface area contributed by atoms with E-state index in [4.69, 9.17) is 16.3 Å². The average molecular weight is 606 g/mol. The first-order valence-electron chi connectivity index (χ1n) is 13.2. The van der Waals surface area contributed by atoms with Gasteiger partial charge in [-0.05, 0) is 53.6 Å². The Morgan fingerprint density at radius 3 is 2.00 bits per heavy atom. The number of para-hydroxylation sites is 1. The van der Waals surface area contributed by atoms with Crippen LogP contribution in [0.5, 0.6) is 11.5 Å². The number of anilines is 1. The molecule has 4 aromatic rings. The van der Waals surface area contributed by atoms with E-state index in [0.717, 1.165) is 16.1 Å². The lowest BCUT2D eigenvalue weighted by molar-refractivity contribution is -0.139. The quantitative estimate of drug-likeness (QED) is 0.237. The van der Waals surface area contributed by atoms with Crippen molar-refractivity contribution in [3.8, 4) is 11.5 Å². The number of ether oxygens (including phenoxy) is 1. The Balaban J connectivity index is 1.66. The maximum atomic E-state index is 14.0. The molecule has 4 rings (SSSR count). The van der Waals surface area contributed by atoms with Gasteiger partial charge in [0.2, 0.25) is 21.8 Å². The van der Waals surface area contributed by atoms with Gasteiger partial charge in [-0.2, -0.15) is 0 Å². The molecule has 1 atom stereocenters. The van der Waals surface area contributed by atoms with Gasteiger partial charge in [-0.1, -0.05) is 78.3 Å². The third-order valence-electron chi connectivity index (χ3n) is 6.60. The van der Waals surface area contributed by atoms with E-state index in [1.807, 2.05) is 48.5 Å². The number of nitrogens with one attached hydrogen (secondary N) is 1. The maximum absolute atomic E-state index is 14.0. The van der Waals surface area contributed by atoms with E-state index in [2.05, 4.69) is 5.32 Å². The van der Waals surface area contributed by atoms with Gasteiger partial charge in [-0.25, -0.2) is 8.42 Å². The first kappa shape index (κ1) is 30.6. The molecular weight excluding hydrogens is 574 g/mol. The van der Waals surface area contributed by atoms with Gasteiger partial charge in [0.15, 0.2) is 0 Å². The van der Waals surface area contributed by atoms with Gasteiger partial charge < -0.3 is 15.0 Å². The molecule has 0 aliphatic carbocycles. The van der Waals surface area contributed by atoms with Crippen LogP contribution in [0.2, 0.25) is 5.02 Å². The number of carbonyl (C=O) groups excluding carboxylic acids is 2. The highest BCUT2D eigenvalue weighted by atomic mass is 35.5. The third-order valence-corrected chi connectivity index (χ3v) is 8.11. The van der Waals surface area contributed by atoms with Gasteiger partial charge in [0, 0.05) is 25.0 Å². The van der Waals surface area contributed by atoms with Crippen LogP contribution in [0.25, 0.3) is 0 Å². The molecule has 218 valence electrons. The zero-order valence-corrected chi connectivity index (χ0v) is 24.9. The van der Waals surface area contributed by atoms with Crippen LogP contribution in [0.3, 0.4) is 0 Å². The van der Waals surface area contributed by atoms with Crippen molar-refractivity contribution in [2.75, 3.05) is 24.2 Å². The molecular formula is C32H32ClN3O5S. The molecule has 42 heavy (non-hydrogen) atoms. The average Bonchev–Trinajstić information content (AvgIpc) is 2.99. The van der Waals surface area contributed by atoms with Crippen LogP contribution in [0.15, 0.2) is 109 Å². The minimum Gasteiger partial charge on any atom is -0.457 e. The maximum Gasteiger partial charge on any atom is 0.244 e. The first-order valence-corrected chi connectivity index (χ1v) is 15.5. The molecule has 0 saturated heterocycles. The van der Waals surface area contributed by atoms with E-state index in [0.29, 0.717) is 22.1 Å². The second kappa shape index (κ2) is 14.0. The summed E-state index contributed by atoms with van der Waals surface area (Å²) >= 11 is 6.44. The highest BCUT2D eigenvalue weighted by molar-refractivity contribution is 7.92. The standard InChI is InChI=1S/C32H32ClN3O5S/c1-34-32(38)30(21-24-11-5-3-6-12-24)35(22-25-13-9-10-16-29(25)33)31(37)23-36(42(2,39)40)26-17-19-28(20-18-26)41-27-14-7-4-8-15-27/h3-20,30H,21-23H2,1-2H3,(H,34,38)/t30-/m0/s1. The fourth-order valence-corrected chi connectivity index (χ4v) is 5.49. The van der Waals surface area contributed by atoms with Crippen molar-refractivity contribution in [1.29, 1.82) is 0 Å². The minimum atomic E-state index is -3.89. The summed E-state index contributed by atoms with van der Waals surface area (Å²) in [6.45, 7) is -0.519. The summed E-state index contributed by atoms with van der Waals surface area (Å²) < 4.78 is 32.7. The Morgan fingerprint density at radius 2 is 1.40 bits per heavy atom. The van der Waals surface area contributed by atoms with Gasteiger partial charge >= 0.3 is 0 Å². The number of halogens is 1. The van der Waals surface area contributed by atoms with Crippen LogP contribution in [-0.4, -0.2) is 51.0 Å². The van der Waals surface area contributed by atoms with E-state index >= 15 is 0 Å². The topological polar surface area (TPSA) is 96.0 Å². The second-order valence-corrected chi connectivity index (χ2v) is 11.9. The summed E-state index contributed by atoms with van der Waals surface area (Å²) in [6, 6.07) is 31.0. The predicted octanol–water partition coefficient (Wildman–Crippen LogP) is 5.28. The highest BCUT2D eigenvalue weighted by Crippen LogP contribution is 2.27. The summed E-state index contributed by atoms with van der Waals surface area (Å²) in [6.07, 6.45) is 1.26. The number of sulfonamides is 1. The second-order valence-electron chi connectivity index (χ2n) is 9.61. The largest absolute Gasteiger partial charge is 0.457 e. The molecule has 0 unspecified atom stereocenters. The van der Waals surface area contributed by atoms with Gasteiger partial charge in [0.25, 0.3) is 0 Å². The molecule has 0 aliphatic rings. The zero-order valence-electron chi connectivity index (χ0n) is 23.3. The number of rotatable bonds is 12. The first-order chi connectivity index (χ1) is 20.2. The van der Waals surface area contributed by atoms with E-state index in [-0.39, 0.29) is 24.6 Å². The molecule has 0 heterocycles. The van der Waals surface area contributed by atoms with Gasteiger partial charge in [-0.3, -0.25) is 13.9 Å². The Hall–Kier alpha value is -4.34. The fraction of sp³-hybridized carbons (Fsp3) is 0.188. The monoisotopic (exact) mass is 605 g/mol. The SMILES string of the molecule is CNC(=O)[C@H](Cc1ccccc1)N(Cc1ccccc1Cl)C(=O)CN(c1ccc(Oc2ccccc2)cc1)S(C)(=O)=O. The normalized spacial score (nSPS) is 11.8. The van der Waals surface area contributed by atoms with E-state index in [1.54, 1.807) is 60.7 Å². The number of likely N-dealkylation sites (N-methyl/N-ethyl adjacent to an activating group) is 1. The molecule has 2 amide bonds. The molecule has 10 heteroatoms. The van der Waals surface area contributed by atoms with Crippen molar-refractivity contribution >= 4 is 39.1 Å². The van der Waals surface area contributed by atoms with Crippen molar-refractivity contribution in [1.82, 2.24) is 10.2 Å². The summed E-state index contributed by atoms with van der Waals surface area (Å²) in [5.41, 5.74) is 1.75. The molecule has 0 aromatic heterocycles.